The van der Waals surface area contributed by atoms with Gasteiger partial charge in [-0.25, -0.2) is 4.79 Å². The third kappa shape index (κ3) is 22.0. The first-order valence-electron chi connectivity index (χ1n) is 14.7. The van der Waals surface area contributed by atoms with Gasteiger partial charge in [-0.1, -0.05) is 115 Å². The molecule has 0 aliphatic carbocycles. The fourth-order valence-electron chi connectivity index (χ4n) is 4.06. The van der Waals surface area contributed by atoms with Gasteiger partial charge in [-0.3, -0.25) is 0 Å². The SMILES string of the molecule is CCCCCCCCCCCCCCCCCCNC(=O)OCC(COP(O)OCC[n+]1ccsc1)OC. The second kappa shape index (κ2) is 26.4. The summed E-state index contributed by atoms with van der Waals surface area (Å²) >= 11 is 1.59. The molecule has 0 fully saturated rings. The lowest BCUT2D eigenvalue weighted by Crippen LogP contribution is -2.32. The van der Waals surface area contributed by atoms with Crippen LogP contribution >= 0.6 is 19.9 Å². The van der Waals surface area contributed by atoms with E-state index in [0.29, 0.717) is 19.7 Å². The van der Waals surface area contributed by atoms with Gasteiger partial charge in [-0.2, -0.15) is 4.57 Å². The molecular weight excluding hydrogens is 523 g/mol. The summed E-state index contributed by atoms with van der Waals surface area (Å²) in [5.74, 6) is 0. The zero-order valence-electron chi connectivity index (χ0n) is 23.9. The van der Waals surface area contributed by atoms with Gasteiger partial charge in [-0.15, -0.1) is 0 Å². The molecule has 0 aromatic carbocycles. The topological polar surface area (TPSA) is 90.1 Å². The first-order valence-corrected chi connectivity index (χ1v) is 16.8. The molecule has 10 heteroatoms. The number of nitrogens with zero attached hydrogens (tertiary/aromatic N) is 1. The first kappa shape index (κ1) is 35.2. The second-order valence-corrected chi connectivity index (χ2v) is 11.6. The maximum absolute atomic E-state index is 11.9. The van der Waals surface area contributed by atoms with Gasteiger partial charge in [0.1, 0.15) is 19.3 Å². The van der Waals surface area contributed by atoms with Gasteiger partial charge in [-0.05, 0) is 6.42 Å². The van der Waals surface area contributed by atoms with Crippen molar-refractivity contribution in [3.8, 4) is 0 Å². The first-order chi connectivity index (χ1) is 18.7. The highest BCUT2D eigenvalue weighted by Crippen LogP contribution is 2.32. The van der Waals surface area contributed by atoms with E-state index in [1.165, 1.54) is 97.0 Å². The monoisotopic (exact) mass is 577 g/mol. The Kier molecular flexibility index (Phi) is 24.4. The number of ether oxygens (including phenoxy) is 2. The van der Waals surface area contributed by atoms with E-state index in [0.717, 1.165) is 12.8 Å². The molecule has 1 rings (SSSR count). The maximum Gasteiger partial charge on any atom is 0.407 e. The lowest BCUT2D eigenvalue weighted by molar-refractivity contribution is -0.692. The number of unbranched alkanes of at least 4 members (excludes halogenated alkanes) is 15. The van der Waals surface area contributed by atoms with Crippen LogP contribution in [-0.2, 0) is 25.1 Å². The molecule has 222 valence electrons. The second-order valence-electron chi connectivity index (χ2n) is 9.82. The van der Waals surface area contributed by atoms with Crippen LogP contribution in [-0.4, -0.2) is 50.6 Å². The van der Waals surface area contributed by atoms with Crippen molar-refractivity contribution in [1.29, 1.82) is 0 Å². The fraction of sp³-hybridized carbons (Fsp3) is 0.857. The van der Waals surface area contributed by atoms with Crippen LogP contribution in [0.2, 0.25) is 0 Å². The molecule has 1 aromatic rings. The molecule has 2 atom stereocenters. The Morgan fingerprint density at radius 2 is 1.47 bits per heavy atom. The van der Waals surface area contributed by atoms with Gasteiger partial charge in [0, 0.05) is 13.7 Å². The van der Waals surface area contributed by atoms with Gasteiger partial charge >= 0.3 is 14.7 Å². The number of carbonyl (C=O) groups excluding carboxylic acids is 1. The molecule has 0 radical (unpaired) electrons. The van der Waals surface area contributed by atoms with Gasteiger partial charge < -0.3 is 28.7 Å². The molecule has 0 saturated heterocycles. The lowest BCUT2D eigenvalue weighted by atomic mass is 10.0. The molecular formula is C28H54N2O6PS+. The van der Waals surface area contributed by atoms with Crippen LogP contribution < -0.4 is 9.88 Å². The summed E-state index contributed by atoms with van der Waals surface area (Å²) in [6.45, 7) is 4.01. The molecule has 2 unspecified atom stereocenters. The number of hydrogen-bond acceptors (Lipinski definition) is 7. The van der Waals surface area contributed by atoms with E-state index in [1.807, 2.05) is 21.7 Å². The largest absolute Gasteiger partial charge is 0.447 e. The molecule has 1 aromatic heterocycles. The van der Waals surface area contributed by atoms with Crippen molar-refractivity contribution >= 4 is 26.0 Å². The molecule has 0 saturated carbocycles. The van der Waals surface area contributed by atoms with E-state index in [-0.39, 0.29) is 13.2 Å². The van der Waals surface area contributed by atoms with Crippen LogP contribution in [0.4, 0.5) is 4.79 Å². The van der Waals surface area contributed by atoms with Crippen molar-refractivity contribution in [1.82, 2.24) is 5.32 Å². The van der Waals surface area contributed by atoms with Crippen LogP contribution in [0.25, 0.3) is 0 Å². The minimum atomic E-state index is -2.00. The molecule has 0 aliphatic rings. The van der Waals surface area contributed by atoms with E-state index < -0.39 is 20.8 Å². The molecule has 1 amide bonds. The van der Waals surface area contributed by atoms with Gasteiger partial charge in [0.15, 0.2) is 12.7 Å². The number of rotatable bonds is 27. The minimum absolute atomic E-state index is 0.0508. The number of thiazole rings is 1. The minimum Gasteiger partial charge on any atom is -0.447 e. The average molecular weight is 578 g/mol. The van der Waals surface area contributed by atoms with Gasteiger partial charge in [0.2, 0.25) is 5.51 Å². The number of alkyl carbamates (subject to hydrolysis) is 1. The smallest absolute Gasteiger partial charge is 0.407 e. The van der Waals surface area contributed by atoms with Crippen molar-refractivity contribution in [3.05, 3.63) is 17.1 Å². The molecule has 0 bridgehead atoms. The van der Waals surface area contributed by atoms with Crippen LogP contribution in [0.15, 0.2) is 17.1 Å². The molecule has 1 heterocycles. The van der Waals surface area contributed by atoms with Crippen molar-refractivity contribution in [2.75, 3.05) is 33.5 Å². The molecule has 38 heavy (non-hydrogen) atoms. The quantitative estimate of drug-likeness (QED) is 0.0648. The van der Waals surface area contributed by atoms with E-state index in [9.17, 15) is 9.69 Å². The summed E-state index contributed by atoms with van der Waals surface area (Å²) in [7, 11) is -0.486. The summed E-state index contributed by atoms with van der Waals surface area (Å²) in [6.07, 6.45) is 22.3. The van der Waals surface area contributed by atoms with E-state index in [1.54, 1.807) is 11.3 Å². The standard InChI is InChI=1S/C28H53N2O6PS/c1-3-4-5-6-7-8-9-10-11-12-13-14-15-16-17-18-19-29-28(31)34-24-27(33-2)25-36-37(32)35-22-20-30-21-23-38-26-30/h21,23,26-27,32H,3-20,22,24-25H2,1-2H3/p+1. The van der Waals surface area contributed by atoms with Crippen molar-refractivity contribution < 1.29 is 32.8 Å². The third-order valence-electron chi connectivity index (χ3n) is 6.48. The Labute approximate surface area is 236 Å². The highest BCUT2D eigenvalue weighted by molar-refractivity contribution is 7.40. The zero-order chi connectivity index (χ0) is 27.5. The average Bonchev–Trinajstić information content (AvgIpc) is 3.44. The Balaban J connectivity index is 1.85. The highest BCUT2D eigenvalue weighted by atomic mass is 32.1. The van der Waals surface area contributed by atoms with Gasteiger partial charge in [0.05, 0.1) is 12.0 Å². The van der Waals surface area contributed by atoms with E-state index in [2.05, 4.69) is 12.2 Å². The molecule has 0 spiro atoms. The number of methoxy groups -OCH3 is 1. The van der Waals surface area contributed by atoms with E-state index >= 15 is 0 Å². The Hall–Kier alpha value is -0.830. The Morgan fingerprint density at radius 1 is 0.895 bits per heavy atom. The highest BCUT2D eigenvalue weighted by Gasteiger charge is 2.16. The Bertz CT molecular complexity index is 641. The molecule has 2 N–H and O–H groups in total. The molecule has 8 nitrogen and oxygen atoms in total. The predicted octanol–water partition coefficient (Wildman–Crippen LogP) is 7.29. The molecule has 0 aliphatic heterocycles. The summed E-state index contributed by atoms with van der Waals surface area (Å²) in [5.41, 5.74) is 1.97. The summed E-state index contributed by atoms with van der Waals surface area (Å²) < 4.78 is 23.0. The Morgan fingerprint density at radius 3 is 2.00 bits per heavy atom. The van der Waals surface area contributed by atoms with E-state index in [4.69, 9.17) is 18.5 Å². The number of aromatic nitrogens is 1. The van der Waals surface area contributed by atoms with Crippen molar-refractivity contribution in [2.24, 2.45) is 0 Å². The number of amides is 1. The number of carbonyl (C=O) groups is 1. The maximum atomic E-state index is 11.9. The summed E-state index contributed by atoms with van der Waals surface area (Å²) in [6, 6.07) is 0. The normalized spacial score (nSPS) is 12.9. The third-order valence-corrected chi connectivity index (χ3v) is 7.93. The summed E-state index contributed by atoms with van der Waals surface area (Å²) in [5, 5.41) is 4.76. The summed E-state index contributed by atoms with van der Waals surface area (Å²) in [4.78, 5) is 21.8. The van der Waals surface area contributed by atoms with Crippen LogP contribution in [0.3, 0.4) is 0 Å². The van der Waals surface area contributed by atoms with Gasteiger partial charge in [0.25, 0.3) is 0 Å². The number of nitrogens with one attached hydrogen (secondary N) is 1. The number of hydrogen-bond donors (Lipinski definition) is 2. The fourth-order valence-corrected chi connectivity index (χ4v) is 5.30. The van der Waals surface area contributed by atoms with Crippen LogP contribution in [0, 0.1) is 0 Å². The lowest BCUT2D eigenvalue weighted by Gasteiger charge is -2.17. The van der Waals surface area contributed by atoms with Crippen LogP contribution in [0.5, 0.6) is 0 Å². The van der Waals surface area contributed by atoms with Crippen molar-refractivity contribution in [3.63, 3.8) is 0 Å². The van der Waals surface area contributed by atoms with Crippen LogP contribution in [0.1, 0.15) is 110 Å². The zero-order valence-corrected chi connectivity index (χ0v) is 25.7. The predicted molar refractivity (Wildman–Crippen MR) is 155 cm³/mol. The van der Waals surface area contributed by atoms with Crippen molar-refractivity contribution in [2.45, 2.75) is 122 Å².